The van der Waals surface area contributed by atoms with Gasteiger partial charge in [-0.2, -0.15) is 0 Å². The molecule has 0 atom stereocenters. The fourth-order valence-electron chi connectivity index (χ4n) is 7.23. The van der Waals surface area contributed by atoms with Crippen molar-refractivity contribution in [2.45, 2.75) is 0 Å². The highest BCUT2D eigenvalue weighted by Gasteiger charge is 2.17. The molecule has 8 aromatic carbocycles. The van der Waals surface area contributed by atoms with Crippen LogP contribution >= 0.6 is 0 Å². The number of pyridine rings is 1. The van der Waals surface area contributed by atoms with Gasteiger partial charge in [0, 0.05) is 17.1 Å². The molecule has 9 rings (SSSR count). The molecule has 0 spiro atoms. The first-order valence-electron chi connectivity index (χ1n) is 17.1. The number of nitrogens with zero attached hydrogens (tertiary/aromatic N) is 1. The van der Waals surface area contributed by atoms with Crippen LogP contribution in [0, 0.1) is 0 Å². The van der Waals surface area contributed by atoms with Crippen molar-refractivity contribution in [1.29, 1.82) is 0 Å². The second kappa shape index (κ2) is 12.8. The third kappa shape index (κ3) is 5.45. The summed E-state index contributed by atoms with van der Waals surface area (Å²) in [6.45, 7) is 0. The molecule has 0 unspecified atom stereocenters. The van der Waals surface area contributed by atoms with Crippen molar-refractivity contribution in [3.63, 3.8) is 0 Å². The minimum Gasteiger partial charge on any atom is -0.256 e. The molecule has 0 aliphatic carbocycles. The van der Waals surface area contributed by atoms with Crippen molar-refractivity contribution >= 4 is 21.7 Å². The molecule has 0 saturated carbocycles. The Bertz CT molecular complexity index is 2330. The number of hydrogen-bond acceptors (Lipinski definition) is 1. The summed E-state index contributed by atoms with van der Waals surface area (Å²) in [7, 11) is 0. The van der Waals surface area contributed by atoms with Gasteiger partial charge in [0.2, 0.25) is 0 Å². The lowest BCUT2D eigenvalue weighted by Gasteiger charge is -2.17. The smallest absolute Gasteiger partial charge is 0.0792 e. The van der Waals surface area contributed by atoms with E-state index in [1.807, 2.05) is 6.20 Å². The van der Waals surface area contributed by atoms with Crippen LogP contribution in [-0.4, -0.2) is 4.98 Å². The fourth-order valence-corrected chi connectivity index (χ4v) is 7.23. The summed E-state index contributed by atoms with van der Waals surface area (Å²) < 4.78 is 0. The number of rotatable bonds is 6. The highest BCUT2D eigenvalue weighted by molar-refractivity contribution is 6.20. The van der Waals surface area contributed by atoms with E-state index in [2.05, 4.69) is 194 Å². The van der Waals surface area contributed by atoms with Gasteiger partial charge in [-0.15, -0.1) is 0 Å². The molecule has 1 heterocycles. The van der Waals surface area contributed by atoms with E-state index in [0.29, 0.717) is 0 Å². The maximum atomic E-state index is 5.01. The minimum absolute atomic E-state index is 1.02. The lowest BCUT2D eigenvalue weighted by molar-refractivity contribution is 1.42. The van der Waals surface area contributed by atoms with E-state index >= 15 is 0 Å². The zero-order valence-corrected chi connectivity index (χ0v) is 27.5. The zero-order chi connectivity index (χ0) is 33.3. The van der Waals surface area contributed by atoms with E-state index < -0.39 is 0 Å². The van der Waals surface area contributed by atoms with Crippen molar-refractivity contribution < 1.29 is 0 Å². The van der Waals surface area contributed by atoms with Gasteiger partial charge in [-0.1, -0.05) is 188 Å². The predicted octanol–water partition coefficient (Wildman–Crippen LogP) is 13.4. The number of fused-ring (bicyclic) bond motifs is 2. The first-order valence-corrected chi connectivity index (χ1v) is 17.1. The Morgan fingerprint density at radius 1 is 0.220 bits per heavy atom. The van der Waals surface area contributed by atoms with Gasteiger partial charge in [-0.05, 0) is 78.0 Å². The summed E-state index contributed by atoms with van der Waals surface area (Å²) in [5.74, 6) is 0. The van der Waals surface area contributed by atoms with Crippen LogP contribution in [-0.2, 0) is 0 Å². The Balaban J connectivity index is 1.08. The molecule has 1 aromatic heterocycles. The monoisotopic (exact) mass is 635 g/mol. The number of benzene rings is 8. The van der Waals surface area contributed by atoms with E-state index in [4.69, 9.17) is 4.98 Å². The van der Waals surface area contributed by atoms with Gasteiger partial charge in [0.25, 0.3) is 0 Å². The molecular weight excluding hydrogens is 603 g/mol. The van der Waals surface area contributed by atoms with Crippen LogP contribution in [0.3, 0.4) is 0 Å². The third-order valence-electron chi connectivity index (χ3n) is 9.78. The molecule has 1 nitrogen and oxygen atoms in total. The summed E-state index contributed by atoms with van der Waals surface area (Å²) in [5.41, 5.74) is 15.5. The van der Waals surface area contributed by atoms with E-state index in [-0.39, 0.29) is 0 Å². The molecule has 9 aromatic rings. The van der Waals surface area contributed by atoms with Gasteiger partial charge in [0.1, 0.15) is 0 Å². The van der Waals surface area contributed by atoms with E-state index in [1.54, 1.807) is 0 Å². The predicted molar refractivity (Wildman–Crippen MR) is 212 cm³/mol. The maximum Gasteiger partial charge on any atom is 0.0792 e. The quantitative estimate of drug-likeness (QED) is 0.166. The van der Waals surface area contributed by atoms with Gasteiger partial charge in [0.05, 0.1) is 5.52 Å². The first kappa shape index (κ1) is 29.6. The summed E-state index contributed by atoms with van der Waals surface area (Å²) in [4.78, 5) is 5.01. The van der Waals surface area contributed by atoms with Crippen LogP contribution in [0.1, 0.15) is 0 Å². The highest BCUT2D eigenvalue weighted by atomic mass is 14.7. The van der Waals surface area contributed by atoms with Gasteiger partial charge < -0.3 is 0 Å². The topological polar surface area (TPSA) is 12.9 Å². The van der Waals surface area contributed by atoms with Gasteiger partial charge in [-0.3, -0.25) is 4.98 Å². The van der Waals surface area contributed by atoms with Crippen LogP contribution in [0.25, 0.3) is 88.4 Å². The SMILES string of the molecule is c1ccc(-c2ccc(-c3ccc(-c4c5ccccc5c(-c5ccc(-c6ccc(-c7ccccc7)cc6)cc5)c5ncccc45)cc3)cc2)cc1. The molecule has 0 aliphatic rings. The van der Waals surface area contributed by atoms with Gasteiger partial charge >= 0.3 is 0 Å². The normalized spacial score (nSPS) is 11.2. The van der Waals surface area contributed by atoms with Gasteiger partial charge in [0.15, 0.2) is 0 Å². The second-order valence-electron chi connectivity index (χ2n) is 12.7. The average molecular weight is 636 g/mol. The Kier molecular flexibility index (Phi) is 7.57. The van der Waals surface area contributed by atoms with Crippen LogP contribution in [0.4, 0.5) is 0 Å². The summed E-state index contributed by atoms with van der Waals surface area (Å²) >= 11 is 0. The van der Waals surface area contributed by atoms with Gasteiger partial charge in [-0.25, -0.2) is 0 Å². The summed E-state index contributed by atoms with van der Waals surface area (Å²) in [6, 6.07) is 69.7. The highest BCUT2D eigenvalue weighted by Crippen LogP contribution is 2.43. The molecule has 0 N–H and O–H groups in total. The van der Waals surface area contributed by atoms with E-state index in [9.17, 15) is 0 Å². The molecule has 1 heteroatoms. The Hall–Kier alpha value is -6.57. The molecule has 50 heavy (non-hydrogen) atoms. The van der Waals surface area contributed by atoms with Crippen LogP contribution < -0.4 is 0 Å². The van der Waals surface area contributed by atoms with Crippen molar-refractivity contribution in [2.75, 3.05) is 0 Å². The first-order chi connectivity index (χ1) is 24.8. The molecule has 0 fully saturated rings. The molecule has 0 saturated heterocycles. The lowest BCUT2D eigenvalue weighted by atomic mass is 9.87. The number of hydrogen-bond donors (Lipinski definition) is 0. The lowest BCUT2D eigenvalue weighted by Crippen LogP contribution is -1.92. The molecule has 0 amide bonds. The fraction of sp³-hybridized carbons (Fsp3) is 0. The number of aromatic nitrogens is 1. The van der Waals surface area contributed by atoms with Crippen LogP contribution in [0.5, 0.6) is 0 Å². The van der Waals surface area contributed by atoms with E-state index in [0.717, 1.165) is 16.5 Å². The van der Waals surface area contributed by atoms with Crippen molar-refractivity contribution in [1.82, 2.24) is 4.98 Å². The molecule has 0 bridgehead atoms. The minimum atomic E-state index is 1.02. The molecular formula is C49H33N. The maximum absolute atomic E-state index is 5.01. The van der Waals surface area contributed by atoms with Crippen molar-refractivity contribution in [3.8, 4) is 66.8 Å². The summed E-state index contributed by atoms with van der Waals surface area (Å²) in [5, 5.41) is 3.58. The largest absolute Gasteiger partial charge is 0.256 e. The third-order valence-corrected chi connectivity index (χ3v) is 9.78. The standard InChI is InChI=1S/C49H33N/c1-3-10-34(11-4-1)36-17-21-38(22-18-36)40-25-29-42(30-26-40)47-44-14-7-8-15-45(44)48(49-46(47)16-9-33-50-49)43-31-27-41(28-32-43)39-23-19-37(20-24-39)35-12-5-2-6-13-35/h1-33H. The average Bonchev–Trinajstić information content (AvgIpc) is 3.21. The van der Waals surface area contributed by atoms with Crippen molar-refractivity contribution in [2.24, 2.45) is 0 Å². The summed E-state index contributed by atoms with van der Waals surface area (Å²) in [6.07, 6.45) is 1.91. The Morgan fingerprint density at radius 2 is 0.520 bits per heavy atom. The van der Waals surface area contributed by atoms with Crippen LogP contribution in [0.15, 0.2) is 200 Å². The zero-order valence-electron chi connectivity index (χ0n) is 27.5. The Labute approximate surface area is 292 Å². The second-order valence-corrected chi connectivity index (χ2v) is 12.7. The van der Waals surface area contributed by atoms with Crippen molar-refractivity contribution in [3.05, 3.63) is 200 Å². The molecule has 0 aliphatic heterocycles. The van der Waals surface area contributed by atoms with Crippen LogP contribution in [0.2, 0.25) is 0 Å². The van der Waals surface area contributed by atoms with E-state index in [1.165, 1.54) is 72.0 Å². The molecule has 234 valence electrons. The Morgan fingerprint density at radius 3 is 0.940 bits per heavy atom. The molecule has 0 radical (unpaired) electrons.